The van der Waals surface area contributed by atoms with E-state index in [0.29, 0.717) is 12.8 Å². The molecule has 1 unspecified atom stereocenters. The Labute approximate surface area is 285 Å². The smallest absolute Gasteiger partial charge is 0.306 e. The Kier molecular flexibility index (Phi) is 36.5. The number of carbonyl (C=O) groups is 2. The average molecular weight is 649 g/mol. The van der Waals surface area contributed by atoms with E-state index in [1.807, 2.05) is 0 Å². The summed E-state index contributed by atoms with van der Waals surface area (Å²) in [5.41, 5.74) is 0. The number of hydrogen-bond acceptors (Lipinski definition) is 5. The summed E-state index contributed by atoms with van der Waals surface area (Å²) in [4.78, 5) is 24.2. The molecular formula is C41H76O5. The minimum atomic E-state index is -0.771. The Morgan fingerprint density at radius 3 is 1.33 bits per heavy atom. The molecule has 0 aromatic carbocycles. The van der Waals surface area contributed by atoms with E-state index < -0.39 is 6.10 Å². The van der Waals surface area contributed by atoms with Gasteiger partial charge in [-0.3, -0.25) is 9.59 Å². The van der Waals surface area contributed by atoms with Crippen LogP contribution in [0.2, 0.25) is 0 Å². The summed E-state index contributed by atoms with van der Waals surface area (Å²) in [6.45, 7) is 4.11. The SMILES string of the molecule is CCCCCC=CCC=CCCCCCCCC(=O)OCC(CO)OC(=O)CCCCCCCCCCCCCCCCCCC. The van der Waals surface area contributed by atoms with Crippen molar-refractivity contribution < 1.29 is 24.2 Å². The first-order chi connectivity index (χ1) is 22.6. The minimum Gasteiger partial charge on any atom is -0.462 e. The van der Waals surface area contributed by atoms with Crippen LogP contribution >= 0.6 is 0 Å². The molecule has 0 spiro atoms. The van der Waals surface area contributed by atoms with E-state index >= 15 is 0 Å². The van der Waals surface area contributed by atoms with Crippen molar-refractivity contribution >= 4 is 11.9 Å². The molecule has 0 bridgehead atoms. The highest BCUT2D eigenvalue weighted by Gasteiger charge is 2.16. The first-order valence-electron chi connectivity index (χ1n) is 19.9. The maximum Gasteiger partial charge on any atom is 0.306 e. The van der Waals surface area contributed by atoms with Crippen LogP contribution in [0.1, 0.15) is 206 Å². The molecule has 0 amide bonds. The third-order valence-corrected chi connectivity index (χ3v) is 8.75. The van der Waals surface area contributed by atoms with Gasteiger partial charge in [0, 0.05) is 12.8 Å². The molecule has 0 aromatic rings. The molecule has 1 N–H and O–H groups in total. The summed E-state index contributed by atoms with van der Waals surface area (Å²) in [6, 6.07) is 0. The number of hydrogen-bond donors (Lipinski definition) is 1. The first kappa shape index (κ1) is 44.4. The topological polar surface area (TPSA) is 72.8 Å². The van der Waals surface area contributed by atoms with Gasteiger partial charge in [0.2, 0.25) is 0 Å². The van der Waals surface area contributed by atoms with Crippen molar-refractivity contribution in [3.05, 3.63) is 24.3 Å². The summed E-state index contributed by atoms with van der Waals surface area (Å²) >= 11 is 0. The molecule has 46 heavy (non-hydrogen) atoms. The average Bonchev–Trinajstić information content (AvgIpc) is 3.06. The zero-order valence-corrected chi connectivity index (χ0v) is 30.6. The molecule has 0 heterocycles. The maximum atomic E-state index is 12.2. The van der Waals surface area contributed by atoms with Gasteiger partial charge in [-0.15, -0.1) is 0 Å². The fourth-order valence-corrected chi connectivity index (χ4v) is 5.70. The standard InChI is InChI=1S/C41H76O5/c1-3-5-7-9-11-13-15-17-19-20-22-24-26-28-30-32-34-36-41(44)46-39(37-42)38-45-40(43)35-33-31-29-27-25-23-21-18-16-14-12-10-8-6-4-2/h12,14,18,21,39,42H,3-11,13,15-17,19-20,22-38H2,1-2H3. The van der Waals surface area contributed by atoms with Gasteiger partial charge in [0.1, 0.15) is 6.61 Å². The Morgan fingerprint density at radius 2 is 0.870 bits per heavy atom. The van der Waals surface area contributed by atoms with Gasteiger partial charge in [-0.05, 0) is 44.9 Å². The van der Waals surface area contributed by atoms with Gasteiger partial charge in [-0.1, -0.05) is 173 Å². The van der Waals surface area contributed by atoms with Gasteiger partial charge in [-0.25, -0.2) is 0 Å². The third kappa shape index (κ3) is 35.2. The summed E-state index contributed by atoms with van der Waals surface area (Å²) in [7, 11) is 0. The number of rotatable bonds is 36. The number of allylic oxidation sites excluding steroid dienone is 4. The Balaban J connectivity index is 3.54. The van der Waals surface area contributed by atoms with Crippen molar-refractivity contribution in [3.8, 4) is 0 Å². The normalized spacial score (nSPS) is 12.3. The summed E-state index contributed by atoms with van der Waals surface area (Å²) in [5, 5.41) is 9.55. The van der Waals surface area contributed by atoms with Crippen LogP contribution in [0.4, 0.5) is 0 Å². The molecule has 1 atom stereocenters. The van der Waals surface area contributed by atoms with Crippen LogP contribution in [-0.4, -0.2) is 36.4 Å². The van der Waals surface area contributed by atoms with Crippen LogP contribution in [0.3, 0.4) is 0 Å². The number of ether oxygens (including phenoxy) is 2. The van der Waals surface area contributed by atoms with Crippen LogP contribution < -0.4 is 0 Å². The van der Waals surface area contributed by atoms with Crippen LogP contribution in [0.25, 0.3) is 0 Å². The number of aliphatic hydroxyl groups excluding tert-OH is 1. The molecule has 0 aliphatic heterocycles. The predicted molar refractivity (Wildman–Crippen MR) is 196 cm³/mol. The number of carbonyl (C=O) groups excluding carboxylic acids is 2. The van der Waals surface area contributed by atoms with E-state index in [9.17, 15) is 14.7 Å². The lowest BCUT2D eigenvalue weighted by atomic mass is 10.0. The van der Waals surface area contributed by atoms with Crippen molar-refractivity contribution in [1.82, 2.24) is 0 Å². The first-order valence-corrected chi connectivity index (χ1v) is 19.9. The molecule has 0 saturated carbocycles. The fourth-order valence-electron chi connectivity index (χ4n) is 5.70. The van der Waals surface area contributed by atoms with Crippen LogP contribution in [-0.2, 0) is 19.1 Å². The van der Waals surface area contributed by atoms with Crippen LogP contribution in [0.15, 0.2) is 24.3 Å². The Hall–Kier alpha value is -1.62. The number of unbranched alkanes of at least 4 members (excludes halogenated alkanes) is 24. The fraction of sp³-hybridized carbons (Fsp3) is 0.854. The van der Waals surface area contributed by atoms with E-state index in [1.165, 1.54) is 128 Å². The zero-order chi connectivity index (χ0) is 33.6. The number of esters is 2. The Bertz CT molecular complexity index is 701. The number of aliphatic hydroxyl groups is 1. The van der Waals surface area contributed by atoms with E-state index in [1.54, 1.807) is 0 Å². The van der Waals surface area contributed by atoms with E-state index in [0.717, 1.165) is 51.4 Å². The van der Waals surface area contributed by atoms with Gasteiger partial charge in [0.05, 0.1) is 6.61 Å². The molecular weight excluding hydrogens is 572 g/mol. The Morgan fingerprint density at radius 1 is 0.500 bits per heavy atom. The monoisotopic (exact) mass is 649 g/mol. The van der Waals surface area contributed by atoms with Gasteiger partial charge in [-0.2, -0.15) is 0 Å². The summed E-state index contributed by atoms with van der Waals surface area (Å²) < 4.78 is 10.6. The zero-order valence-electron chi connectivity index (χ0n) is 30.6. The molecule has 5 nitrogen and oxygen atoms in total. The van der Waals surface area contributed by atoms with E-state index in [-0.39, 0.29) is 25.2 Å². The van der Waals surface area contributed by atoms with E-state index in [4.69, 9.17) is 9.47 Å². The highest BCUT2D eigenvalue weighted by molar-refractivity contribution is 5.70. The largest absolute Gasteiger partial charge is 0.462 e. The molecule has 0 aromatic heterocycles. The highest BCUT2D eigenvalue weighted by Crippen LogP contribution is 2.15. The van der Waals surface area contributed by atoms with Crippen molar-refractivity contribution in [2.75, 3.05) is 13.2 Å². The lowest BCUT2D eigenvalue weighted by molar-refractivity contribution is -0.161. The van der Waals surface area contributed by atoms with Crippen molar-refractivity contribution in [1.29, 1.82) is 0 Å². The third-order valence-electron chi connectivity index (χ3n) is 8.75. The highest BCUT2D eigenvalue weighted by atomic mass is 16.6. The van der Waals surface area contributed by atoms with Gasteiger partial charge in [0.15, 0.2) is 6.10 Å². The van der Waals surface area contributed by atoms with Gasteiger partial charge < -0.3 is 14.6 Å². The molecule has 0 rings (SSSR count). The van der Waals surface area contributed by atoms with Crippen molar-refractivity contribution in [3.63, 3.8) is 0 Å². The summed E-state index contributed by atoms with van der Waals surface area (Å²) in [5.74, 6) is -0.599. The molecule has 0 fully saturated rings. The molecule has 0 radical (unpaired) electrons. The molecule has 0 aliphatic carbocycles. The molecule has 5 heteroatoms. The predicted octanol–water partition coefficient (Wildman–Crippen LogP) is 12.3. The van der Waals surface area contributed by atoms with Crippen LogP contribution in [0, 0.1) is 0 Å². The molecule has 0 aliphatic rings. The van der Waals surface area contributed by atoms with Gasteiger partial charge in [0.25, 0.3) is 0 Å². The van der Waals surface area contributed by atoms with Gasteiger partial charge >= 0.3 is 11.9 Å². The molecule has 270 valence electrons. The van der Waals surface area contributed by atoms with Crippen molar-refractivity contribution in [2.45, 2.75) is 213 Å². The second-order valence-electron chi connectivity index (χ2n) is 13.4. The molecule has 0 saturated heterocycles. The lowest BCUT2D eigenvalue weighted by Gasteiger charge is -2.15. The summed E-state index contributed by atoms with van der Waals surface area (Å²) in [6.07, 6.45) is 43.8. The van der Waals surface area contributed by atoms with Crippen molar-refractivity contribution in [2.24, 2.45) is 0 Å². The van der Waals surface area contributed by atoms with Crippen LogP contribution in [0.5, 0.6) is 0 Å². The second kappa shape index (κ2) is 37.8. The quantitative estimate of drug-likeness (QED) is 0.0416. The minimum absolute atomic E-state index is 0.0691. The lowest BCUT2D eigenvalue weighted by Crippen LogP contribution is -2.28. The second-order valence-corrected chi connectivity index (χ2v) is 13.4. The van der Waals surface area contributed by atoms with E-state index in [2.05, 4.69) is 38.2 Å². The maximum absolute atomic E-state index is 12.2.